The summed E-state index contributed by atoms with van der Waals surface area (Å²) in [5.74, 6) is 0.129. The van der Waals surface area contributed by atoms with E-state index >= 15 is 0 Å². The Balaban J connectivity index is 1.61. The second-order valence-electron chi connectivity index (χ2n) is 5.41. The summed E-state index contributed by atoms with van der Waals surface area (Å²) in [4.78, 5) is 19.8. The highest BCUT2D eigenvalue weighted by Gasteiger charge is 2.22. The van der Waals surface area contributed by atoms with E-state index in [1.807, 2.05) is 24.3 Å². The van der Waals surface area contributed by atoms with Gasteiger partial charge < -0.3 is 4.74 Å². The largest absolute Gasteiger partial charge is 0.481 e. The summed E-state index contributed by atoms with van der Waals surface area (Å²) in [5, 5.41) is 4.47. The van der Waals surface area contributed by atoms with E-state index in [4.69, 9.17) is 4.74 Å². The van der Waals surface area contributed by atoms with Gasteiger partial charge in [0, 0.05) is 47.4 Å². The maximum absolute atomic E-state index is 11.8. The fourth-order valence-electron chi connectivity index (χ4n) is 2.50. The predicted molar refractivity (Wildman–Crippen MR) is 95.8 cm³/mol. The molecular formula is C17H13N5O3S. The molecule has 1 aliphatic rings. The van der Waals surface area contributed by atoms with Crippen molar-refractivity contribution >= 4 is 21.9 Å². The molecule has 4 rings (SSSR count). The maximum atomic E-state index is 11.8. The first-order valence-electron chi connectivity index (χ1n) is 7.60. The molecule has 9 heteroatoms. The summed E-state index contributed by atoms with van der Waals surface area (Å²) in [5.41, 5.74) is 3.34. The first-order valence-corrected chi connectivity index (χ1v) is 8.75. The van der Waals surface area contributed by atoms with Gasteiger partial charge in [-0.25, -0.2) is 13.9 Å². The Morgan fingerprint density at radius 3 is 2.69 bits per heavy atom. The first-order chi connectivity index (χ1) is 12.6. The molecule has 3 aromatic heterocycles. The summed E-state index contributed by atoms with van der Waals surface area (Å²) in [6.07, 6.45) is 8.00. The molecule has 3 aromatic rings. The van der Waals surface area contributed by atoms with Crippen molar-refractivity contribution in [1.29, 1.82) is 0 Å². The number of hydrogen-bond acceptors (Lipinski definition) is 6. The van der Waals surface area contributed by atoms with Gasteiger partial charge in [0.25, 0.3) is 5.91 Å². The molecule has 0 radical (unpaired) electrons. The highest BCUT2D eigenvalue weighted by molar-refractivity contribution is 7.93. The summed E-state index contributed by atoms with van der Waals surface area (Å²) in [6, 6.07) is 7.47. The van der Waals surface area contributed by atoms with Crippen LogP contribution in [0.2, 0.25) is 0 Å². The molecule has 0 fully saturated rings. The van der Waals surface area contributed by atoms with Gasteiger partial charge in [-0.2, -0.15) is 5.10 Å². The van der Waals surface area contributed by atoms with Crippen molar-refractivity contribution in [2.75, 3.05) is 7.11 Å². The van der Waals surface area contributed by atoms with Crippen LogP contribution >= 0.6 is 0 Å². The molecule has 1 N–H and O–H groups in total. The number of pyridine rings is 2. The SMILES string of the molecule is COc1cc(-c2ccc(-c3cnn(C4=CC(=O)NS4=O)c3)cn2)ccn1. The average Bonchev–Trinajstić information content (AvgIpc) is 3.28. The Morgan fingerprint density at radius 1 is 1.12 bits per heavy atom. The molecule has 1 atom stereocenters. The van der Waals surface area contributed by atoms with Crippen LogP contribution < -0.4 is 9.46 Å². The number of methoxy groups -OCH3 is 1. The van der Waals surface area contributed by atoms with Crippen molar-refractivity contribution in [2.45, 2.75) is 0 Å². The molecule has 26 heavy (non-hydrogen) atoms. The molecular weight excluding hydrogens is 354 g/mol. The van der Waals surface area contributed by atoms with Crippen molar-refractivity contribution in [2.24, 2.45) is 0 Å². The van der Waals surface area contributed by atoms with E-state index < -0.39 is 16.9 Å². The molecule has 0 aromatic carbocycles. The summed E-state index contributed by atoms with van der Waals surface area (Å²) in [6.45, 7) is 0. The number of ether oxygens (including phenoxy) is 1. The minimum absolute atomic E-state index is 0.301. The fraction of sp³-hybridized carbons (Fsp3) is 0.0588. The predicted octanol–water partition coefficient (Wildman–Crippen LogP) is 1.61. The normalized spacial score (nSPS) is 16.3. The number of rotatable bonds is 4. The van der Waals surface area contributed by atoms with E-state index in [-0.39, 0.29) is 0 Å². The Kier molecular flexibility index (Phi) is 4.05. The van der Waals surface area contributed by atoms with E-state index in [9.17, 15) is 9.00 Å². The minimum Gasteiger partial charge on any atom is -0.481 e. The third kappa shape index (κ3) is 3.00. The lowest BCUT2D eigenvalue weighted by atomic mass is 10.1. The number of nitrogens with one attached hydrogen (secondary N) is 1. The second-order valence-corrected chi connectivity index (χ2v) is 6.57. The van der Waals surface area contributed by atoms with Crippen LogP contribution in [0.1, 0.15) is 0 Å². The van der Waals surface area contributed by atoms with Crippen LogP contribution in [0.3, 0.4) is 0 Å². The van der Waals surface area contributed by atoms with Crippen LogP contribution in [-0.4, -0.2) is 37.0 Å². The van der Waals surface area contributed by atoms with E-state index in [0.29, 0.717) is 10.9 Å². The van der Waals surface area contributed by atoms with Gasteiger partial charge in [0.2, 0.25) is 5.88 Å². The number of nitrogens with zero attached hydrogens (tertiary/aromatic N) is 4. The average molecular weight is 367 g/mol. The van der Waals surface area contributed by atoms with E-state index in [1.165, 1.54) is 10.8 Å². The van der Waals surface area contributed by atoms with Gasteiger partial charge in [0.1, 0.15) is 0 Å². The molecule has 130 valence electrons. The minimum atomic E-state index is -1.59. The zero-order valence-electron chi connectivity index (χ0n) is 13.6. The van der Waals surface area contributed by atoms with Crippen LogP contribution in [0.25, 0.3) is 27.4 Å². The quantitative estimate of drug-likeness (QED) is 0.752. The topological polar surface area (TPSA) is 99.0 Å². The Morgan fingerprint density at radius 2 is 2.00 bits per heavy atom. The smallest absolute Gasteiger partial charge is 0.258 e. The Hall–Kier alpha value is -3.33. The molecule has 1 amide bonds. The van der Waals surface area contributed by atoms with E-state index in [0.717, 1.165) is 22.4 Å². The van der Waals surface area contributed by atoms with Crippen molar-refractivity contribution in [1.82, 2.24) is 24.5 Å². The summed E-state index contributed by atoms with van der Waals surface area (Å²) >= 11 is 0. The van der Waals surface area contributed by atoms with E-state index in [1.54, 1.807) is 31.9 Å². The van der Waals surface area contributed by atoms with Gasteiger partial charge in [-0.3, -0.25) is 14.5 Å². The number of aromatic nitrogens is 4. The fourth-order valence-corrected chi connectivity index (χ4v) is 3.33. The van der Waals surface area contributed by atoms with Crippen molar-refractivity contribution in [3.8, 4) is 28.3 Å². The van der Waals surface area contributed by atoms with E-state index in [2.05, 4.69) is 19.8 Å². The lowest BCUT2D eigenvalue weighted by Crippen LogP contribution is -2.17. The maximum Gasteiger partial charge on any atom is 0.258 e. The third-order valence-electron chi connectivity index (χ3n) is 3.78. The van der Waals surface area contributed by atoms with Gasteiger partial charge in [0.15, 0.2) is 16.0 Å². The first kappa shape index (κ1) is 16.2. The van der Waals surface area contributed by atoms with Gasteiger partial charge in [-0.1, -0.05) is 6.07 Å². The second kappa shape index (κ2) is 6.52. The monoisotopic (exact) mass is 367 g/mol. The number of amides is 1. The van der Waals surface area contributed by atoms with Crippen LogP contribution in [0.4, 0.5) is 0 Å². The van der Waals surface area contributed by atoms with Gasteiger partial charge in [-0.05, 0) is 12.1 Å². The summed E-state index contributed by atoms with van der Waals surface area (Å²) in [7, 11) is -0.0223. The van der Waals surface area contributed by atoms with Crippen molar-refractivity contribution < 1.29 is 13.7 Å². The van der Waals surface area contributed by atoms with Gasteiger partial charge >= 0.3 is 0 Å². The lowest BCUT2D eigenvalue weighted by molar-refractivity contribution is -0.114. The van der Waals surface area contributed by atoms with Crippen LogP contribution in [-0.2, 0) is 15.8 Å². The molecule has 8 nitrogen and oxygen atoms in total. The third-order valence-corrected chi connectivity index (χ3v) is 4.85. The van der Waals surface area contributed by atoms with Crippen LogP contribution in [0.15, 0.2) is 55.1 Å². The molecule has 0 aliphatic carbocycles. The molecule has 4 heterocycles. The van der Waals surface area contributed by atoms with Gasteiger partial charge in [-0.15, -0.1) is 0 Å². The molecule has 0 bridgehead atoms. The molecule has 0 saturated carbocycles. The standard InChI is InChI=1S/C17H13N5O3S/c1-25-16-6-11(4-5-18-16)14-3-2-12(8-19-14)13-9-20-22(10-13)17-7-15(23)21-26(17)24/h2-10H,1H3,(H,21,23). The van der Waals surface area contributed by atoms with Crippen molar-refractivity contribution in [3.05, 3.63) is 55.1 Å². The van der Waals surface area contributed by atoms with Crippen LogP contribution in [0.5, 0.6) is 5.88 Å². The zero-order chi connectivity index (χ0) is 18.1. The number of carbonyl (C=O) groups is 1. The molecule has 0 saturated heterocycles. The Labute approximate surface area is 151 Å². The molecule has 1 unspecified atom stereocenters. The van der Waals surface area contributed by atoms with Crippen LogP contribution in [0, 0.1) is 0 Å². The molecule has 1 aliphatic heterocycles. The molecule has 0 spiro atoms. The summed E-state index contributed by atoms with van der Waals surface area (Å²) < 4.78 is 20.7. The number of carbonyl (C=O) groups excluding carboxylic acids is 1. The van der Waals surface area contributed by atoms with Gasteiger partial charge in [0.05, 0.1) is 19.0 Å². The zero-order valence-corrected chi connectivity index (χ0v) is 14.4. The Bertz CT molecular complexity index is 1040. The lowest BCUT2D eigenvalue weighted by Gasteiger charge is -2.04. The number of hydrogen-bond donors (Lipinski definition) is 1. The van der Waals surface area contributed by atoms with Crippen molar-refractivity contribution in [3.63, 3.8) is 0 Å². The highest BCUT2D eigenvalue weighted by atomic mass is 32.2. The highest BCUT2D eigenvalue weighted by Crippen LogP contribution is 2.25.